The van der Waals surface area contributed by atoms with E-state index in [1.165, 1.54) is 0 Å². The molecule has 2 aromatic rings. The topological polar surface area (TPSA) is 47.7 Å². The summed E-state index contributed by atoms with van der Waals surface area (Å²) in [6.07, 6.45) is 0. The third-order valence-electron chi connectivity index (χ3n) is 3.71. The predicted octanol–water partition coefficient (Wildman–Crippen LogP) is 4.34. The van der Waals surface area contributed by atoms with Gasteiger partial charge in [0.25, 0.3) is 0 Å². The predicted molar refractivity (Wildman–Crippen MR) is 102 cm³/mol. The minimum absolute atomic E-state index is 0.581. The van der Waals surface area contributed by atoms with Crippen molar-refractivity contribution < 1.29 is 9.47 Å². The Morgan fingerprint density at radius 1 is 0.917 bits per heavy atom. The number of ether oxygens (including phenoxy) is 2. The maximum atomic E-state index is 6.17. The van der Waals surface area contributed by atoms with Crippen molar-refractivity contribution in [3.8, 4) is 11.1 Å². The van der Waals surface area contributed by atoms with Gasteiger partial charge in [-0.1, -0.05) is 23.2 Å². The van der Waals surface area contributed by atoms with Crippen LogP contribution in [0.15, 0.2) is 36.4 Å². The van der Waals surface area contributed by atoms with E-state index in [1.807, 2.05) is 30.3 Å². The van der Waals surface area contributed by atoms with E-state index >= 15 is 0 Å². The average Bonchev–Trinajstić information content (AvgIpc) is 2.55. The zero-order chi connectivity index (χ0) is 17.5. The molecule has 0 aliphatic rings. The van der Waals surface area contributed by atoms with Crippen LogP contribution in [-0.4, -0.2) is 40.5 Å². The van der Waals surface area contributed by atoms with Crippen LogP contribution < -0.4 is 10.6 Å². The molecule has 2 N–H and O–H groups in total. The molecule has 0 saturated heterocycles. The summed E-state index contributed by atoms with van der Waals surface area (Å²) in [5.41, 5.74) is 9.68. The Bertz CT molecular complexity index is 652. The Hall–Kier alpha value is -1.46. The molecule has 0 unspecified atom stereocenters. The van der Waals surface area contributed by atoms with Crippen molar-refractivity contribution in [3.63, 3.8) is 0 Å². The van der Waals surface area contributed by atoms with Crippen LogP contribution in [0.2, 0.25) is 10.0 Å². The fourth-order valence-electron chi connectivity index (χ4n) is 2.47. The summed E-state index contributed by atoms with van der Waals surface area (Å²) < 4.78 is 10.4. The van der Waals surface area contributed by atoms with Crippen LogP contribution in [0.1, 0.15) is 0 Å². The van der Waals surface area contributed by atoms with Crippen molar-refractivity contribution in [3.05, 3.63) is 46.4 Å². The van der Waals surface area contributed by atoms with Gasteiger partial charge in [-0.05, 0) is 42.0 Å². The first kappa shape index (κ1) is 18.9. The zero-order valence-electron chi connectivity index (χ0n) is 13.9. The second-order valence-electron chi connectivity index (χ2n) is 5.40. The molecule has 2 rings (SSSR count). The van der Waals surface area contributed by atoms with Crippen molar-refractivity contribution in [2.75, 3.05) is 51.2 Å². The number of halogens is 2. The monoisotopic (exact) mass is 368 g/mol. The summed E-state index contributed by atoms with van der Waals surface area (Å²) in [6, 6.07) is 11.4. The fraction of sp³-hybridized carbons (Fsp3) is 0.333. The van der Waals surface area contributed by atoms with Crippen molar-refractivity contribution >= 4 is 34.6 Å². The van der Waals surface area contributed by atoms with E-state index in [4.69, 9.17) is 38.4 Å². The van der Waals surface area contributed by atoms with Gasteiger partial charge in [0.1, 0.15) is 0 Å². The first-order valence-electron chi connectivity index (χ1n) is 7.64. The van der Waals surface area contributed by atoms with Crippen LogP contribution in [0.3, 0.4) is 0 Å². The minimum atomic E-state index is 0.581. The largest absolute Gasteiger partial charge is 0.398 e. The molecule has 0 aliphatic heterocycles. The van der Waals surface area contributed by atoms with Gasteiger partial charge in [0, 0.05) is 54.3 Å². The Morgan fingerprint density at radius 2 is 1.50 bits per heavy atom. The Labute approximate surface area is 153 Å². The van der Waals surface area contributed by atoms with Crippen LogP contribution in [0, 0.1) is 0 Å². The van der Waals surface area contributed by atoms with Gasteiger partial charge in [-0.15, -0.1) is 0 Å². The second kappa shape index (κ2) is 9.14. The number of anilines is 2. The van der Waals surface area contributed by atoms with Crippen LogP contribution in [-0.2, 0) is 9.47 Å². The zero-order valence-corrected chi connectivity index (χ0v) is 15.4. The summed E-state index contributed by atoms with van der Waals surface area (Å²) in [7, 11) is 3.38. The minimum Gasteiger partial charge on any atom is -0.398 e. The number of benzene rings is 2. The smallest absolute Gasteiger partial charge is 0.0637 e. The van der Waals surface area contributed by atoms with Gasteiger partial charge >= 0.3 is 0 Å². The number of nitrogens with zero attached hydrogens (tertiary/aromatic N) is 1. The molecule has 4 nitrogen and oxygen atoms in total. The lowest BCUT2D eigenvalue weighted by atomic mass is 10.0. The molecule has 0 radical (unpaired) electrons. The lowest BCUT2D eigenvalue weighted by molar-refractivity contribution is 0.190. The number of methoxy groups -OCH3 is 2. The van der Waals surface area contributed by atoms with Crippen molar-refractivity contribution in [1.82, 2.24) is 0 Å². The second-order valence-corrected chi connectivity index (χ2v) is 6.28. The van der Waals surface area contributed by atoms with Crippen molar-refractivity contribution in [2.45, 2.75) is 0 Å². The van der Waals surface area contributed by atoms with E-state index in [-0.39, 0.29) is 0 Å². The van der Waals surface area contributed by atoms with E-state index in [0.717, 1.165) is 29.9 Å². The molecule has 0 spiro atoms. The lowest BCUT2D eigenvalue weighted by Crippen LogP contribution is -2.30. The lowest BCUT2D eigenvalue weighted by Gasteiger charge is -2.25. The standard InChI is InChI=1S/C18H22Cl2N2O2/c1-23-7-5-22(6-8-24-2)16-3-4-18(21)17(12-16)13-9-14(19)11-15(20)10-13/h3-4,9-12H,5-8,21H2,1-2H3. The molecule has 0 aliphatic carbocycles. The third-order valence-corrected chi connectivity index (χ3v) is 4.14. The number of nitrogens with two attached hydrogens (primary N) is 1. The molecule has 0 amide bonds. The van der Waals surface area contributed by atoms with Crippen LogP contribution >= 0.6 is 23.2 Å². The molecular formula is C18H22Cl2N2O2. The summed E-state index contributed by atoms with van der Waals surface area (Å²) in [5.74, 6) is 0. The summed E-state index contributed by atoms with van der Waals surface area (Å²) >= 11 is 12.2. The van der Waals surface area contributed by atoms with Gasteiger partial charge in [-0.2, -0.15) is 0 Å². The average molecular weight is 369 g/mol. The Morgan fingerprint density at radius 3 is 2.04 bits per heavy atom. The Kier molecular flexibility index (Phi) is 7.18. The fourth-order valence-corrected chi connectivity index (χ4v) is 3.00. The molecule has 24 heavy (non-hydrogen) atoms. The molecule has 0 fully saturated rings. The maximum Gasteiger partial charge on any atom is 0.0637 e. The van der Waals surface area contributed by atoms with Crippen LogP contribution in [0.25, 0.3) is 11.1 Å². The van der Waals surface area contributed by atoms with Gasteiger partial charge in [-0.25, -0.2) is 0 Å². The number of nitrogen functional groups attached to an aromatic ring is 1. The molecule has 130 valence electrons. The highest BCUT2D eigenvalue weighted by atomic mass is 35.5. The summed E-state index contributed by atoms with van der Waals surface area (Å²) in [5, 5.41) is 1.16. The first-order valence-corrected chi connectivity index (χ1v) is 8.39. The molecule has 0 heterocycles. The molecule has 6 heteroatoms. The molecule has 0 saturated carbocycles. The highest BCUT2D eigenvalue weighted by molar-refractivity contribution is 6.35. The van der Waals surface area contributed by atoms with Crippen molar-refractivity contribution in [1.29, 1.82) is 0 Å². The molecular weight excluding hydrogens is 347 g/mol. The summed E-state index contributed by atoms with van der Waals surface area (Å²) in [4.78, 5) is 2.20. The third kappa shape index (κ3) is 5.02. The maximum absolute atomic E-state index is 6.17. The Balaban J connectivity index is 2.38. The highest BCUT2D eigenvalue weighted by Gasteiger charge is 2.11. The van der Waals surface area contributed by atoms with Gasteiger partial charge in [0.15, 0.2) is 0 Å². The molecule has 0 aromatic heterocycles. The van der Waals surface area contributed by atoms with Crippen molar-refractivity contribution in [2.24, 2.45) is 0 Å². The molecule has 0 atom stereocenters. The number of hydrogen-bond acceptors (Lipinski definition) is 4. The molecule has 2 aromatic carbocycles. The SMILES string of the molecule is COCCN(CCOC)c1ccc(N)c(-c2cc(Cl)cc(Cl)c2)c1. The summed E-state index contributed by atoms with van der Waals surface area (Å²) in [6.45, 7) is 2.79. The van der Waals surface area contributed by atoms with Gasteiger partial charge < -0.3 is 20.1 Å². The first-order chi connectivity index (χ1) is 11.5. The van der Waals surface area contributed by atoms with E-state index < -0.39 is 0 Å². The van der Waals surface area contributed by atoms with Crippen LogP contribution in [0.4, 0.5) is 11.4 Å². The van der Waals surface area contributed by atoms with Gasteiger partial charge in [0.2, 0.25) is 0 Å². The van der Waals surface area contributed by atoms with E-state index in [1.54, 1.807) is 20.3 Å². The molecule has 0 bridgehead atoms. The normalized spacial score (nSPS) is 10.8. The van der Waals surface area contributed by atoms with E-state index in [2.05, 4.69) is 4.90 Å². The number of rotatable bonds is 8. The number of hydrogen-bond donors (Lipinski definition) is 1. The highest BCUT2D eigenvalue weighted by Crippen LogP contribution is 2.33. The van der Waals surface area contributed by atoms with Crippen LogP contribution in [0.5, 0.6) is 0 Å². The van der Waals surface area contributed by atoms with Gasteiger partial charge in [0.05, 0.1) is 13.2 Å². The van der Waals surface area contributed by atoms with E-state index in [9.17, 15) is 0 Å². The van der Waals surface area contributed by atoms with Gasteiger partial charge in [-0.3, -0.25) is 0 Å². The van der Waals surface area contributed by atoms with E-state index in [0.29, 0.717) is 28.9 Å². The quantitative estimate of drug-likeness (QED) is 0.703.